The predicted octanol–water partition coefficient (Wildman–Crippen LogP) is 2.68. The second-order valence-corrected chi connectivity index (χ2v) is 4.28. The molecule has 1 aliphatic carbocycles. The molecule has 0 heterocycles. The van der Waals surface area contributed by atoms with Gasteiger partial charge in [-0.25, -0.2) is 0 Å². The van der Waals surface area contributed by atoms with Gasteiger partial charge in [-0.2, -0.15) is 0 Å². The van der Waals surface area contributed by atoms with Crippen LogP contribution in [0.3, 0.4) is 0 Å². The summed E-state index contributed by atoms with van der Waals surface area (Å²) in [5, 5.41) is 9.11. The Morgan fingerprint density at radius 1 is 1.31 bits per heavy atom. The van der Waals surface area contributed by atoms with Crippen LogP contribution in [-0.2, 0) is 4.79 Å². The molecular formula is C14H14O2. The molecule has 0 aromatic heterocycles. The smallest absolute Gasteiger partial charge is 0.310 e. The fourth-order valence-corrected chi connectivity index (χ4v) is 1.91. The number of benzene rings is 1. The molecule has 1 aliphatic rings. The number of carboxylic acids is 1. The van der Waals surface area contributed by atoms with Crippen LogP contribution in [0.2, 0.25) is 0 Å². The van der Waals surface area contributed by atoms with Crippen LogP contribution in [0.5, 0.6) is 0 Å². The third-order valence-corrected chi connectivity index (χ3v) is 3.20. The molecule has 1 N–H and O–H groups in total. The van der Waals surface area contributed by atoms with Gasteiger partial charge in [0, 0.05) is 12.0 Å². The van der Waals surface area contributed by atoms with Crippen LogP contribution in [0.15, 0.2) is 30.3 Å². The van der Waals surface area contributed by atoms with Gasteiger partial charge in [0.2, 0.25) is 0 Å². The highest BCUT2D eigenvalue weighted by Gasteiger charge is 2.43. The summed E-state index contributed by atoms with van der Waals surface area (Å²) in [4.78, 5) is 11.1. The zero-order chi connectivity index (χ0) is 11.4. The summed E-state index contributed by atoms with van der Waals surface area (Å²) in [6.45, 7) is 0. The maximum absolute atomic E-state index is 11.1. The van der Waals surface area contributed by atoms with E-state index in [0.717, 1.165) is 24.8 Å². The lowest BCUT2D eigenvalue weighted by atomic mass is 9.67. The van der Waals surface area contributed by atoms with Crippen molar-refractivity contribution in [3.8, 4) is 11.8 Å². The van der Waals surface area contributed by atoms with Gasteiger partial charge in [0.05, 0.1) is 5.41 Å². The fourth-order valence-electron chi connectivity index (χ4n) is 1.91. The van der Waals surface area contributed by atoms with E-state index in [2.05, 4.69) is 11.8 Å². The van der Waals surface area contributed by atoms with Gasteiger partial charge in [-0.05, 0) is 25.0 Å². The molecule has 1 aromatic carbocycles. The Hall–Kier alpha value is -1.75. The van der Waals surface area contributed by atoms with Crippen molar-refractivity contribution in [1.29, 1.82) is 0 Å². The number of hydrogen-bond donors (Lipinski definition) is 1. The lowest BCUT2D eigenvalue weighted by Crippen LogP contribution is -2.37. The first-order valence-corrected chi connectivity index (χ1v) is 5.50. The molecule has 2 heteroatoms. The Bertz CT molecular complexity index is 433. The Labute approximate surface area is 95.3 Å². The molecule has 82 valence electrons. The van der Waals surface area contributed by atoms with Crippen molar-refractivity contribution in [1.82, 2.24) is 0 Å². The molecule has 0 atom stereocenters. The molecular weight excluding hydrogens is 200 g/mol. The largest absolute Gasteiger partial charge is 0.481 e. The van der Waals surface area contributed by atoms with Crippen LogP contribution >= 0.6 is 0 Å². The van der Waals surface area contributed by atoms with Crippen molar-refractivity contribution in [3.63, 3.8) is 0 Å². The molecule has 0 unspecified atom stereocenters. The van der Waals surface area contributed by atoms with Crippen LogP contribution in [0.25, 0.3) is 0 Å². The van der Waals surface area contributed by atoms with E-state index in [-0.39, 0.29) is 0 Å². The fraction of sp³-hybridized carbons (Fsp3) is 0.357. The Balaban J connectivity index is 2.02. The summed E-state index contributed by atoms with van der Waals surface area (Å²) in [5.41, 5.74) is 0.393. The van der Waals surface area contributed by atoms with E-state index in [9.17, 15) is 4.79 Å². The van der Waals surface area contributed by atoms with E-state index in [1.807, 2.05) is 30.3 Å². The van der Waals surface area contributed by atoms with E-state index in [4.69, 9.17) is 5.11 Å². The van der Waals surface area contributed by atoms with Gasteiger partial charge in [0.1, 0.15) is 0 Å². The first-order valence-electron chi connectivity index (χ1n) is 5.50. The lowest BCUT2D eigenvalue weighted by molar-refractivity contribution is -0.154. The van der Waals surface area contributed by atoms with Gasteiger partial charge >= 0.3 is 5.97 Å². The van der Waals surface area contributed by atoms with Gasteiger partial charge < -0.3 is 5.11 Å². The minimum Gasteiger partial charge on any atom is -0.481 e. The van der Waals surface area contributed by atoms with Crippen molar-refractivity contribution >= 4 is 5.97 Å². The van der Waals surface area contributed by atoms with E-state index < -0.39 is 11.4 Å². The van der Waals surface area contributed by atoms with Gasteiger partial charge in [0.15, 0.2) is 0 Å². The average Bonchev–Trinajstić information content (AvgIpc) is 2.23. The lowest BCUT2D eigenvalue weighted by Gasteiger charge is -2.35. The van der Waals surface area contributed by atoms with Crippen molar-refractivity contribution in [2.45, 2.75) is 25.7 Å². The van der Waals surface area contributed by atoms with Gasteiger partial charge in [-0.1, -0.05) is 36.5 Å². The standard InChI is InChI=1S/C14H14O2/c15-13(16)14(10-5-11-14)9-4-8-12-6-2-1-3-7-12/h1-3,6-7H,5,9-11H2,(H,15,16). The van der Waals surface area contributed by atoms with Gasteiger partial charge in [-0.15, -0.1) is 0 Å². The third-order valence-electron chi connectivity index (χ3n) is 3.20. The normalized spacial score (nSPS) is 16.8. The number of hydrogen-bond acceptors (Lipinski definition) is 1. The van der Waals surface area contributed by atoms with Crippen molar-refractivity contribution in [3.05, 3.63) is 35.9 Å². The van der Waals surface area contributed by atoms with Crippen LogP contribution in [0.1, 0.15) is 31.2 Å². The van der Waals surface area contributed by atoms with Gasteiger partial charge in [0.25, 0.3) is 0 Å². The van der Waals surface area contributed by atoms with Gasteiger partial charge in [-0.3, -0.25) is 4.79 Å². The number of aliphatic carboxylic acids is 1. The summed E-state index contributed by atoms with van der Waals surface area (Å²) in [7, 11) is 0. The van der Waals surface area contributed by atoms with Crippen LogP contribution in [-0.4, -0.2) is 11.1 Å². The summed E-state index contributed by atoms with van der Waals surface area (Å²) in [6.07, 6.45) is 3.02. The molecule has 1 aromatic rings. The molecule has 16 heavy (non-hydrogen) atoms. The molecule has 0 saturated heterocycles. The average molecular weight is 214 g/mol. The third kappa shape index (κ3) is 2.09. The number of rotatable bonds is 2. The summed E-state index contributed by atoms with van der Waals surface area (Å²) in [6, 6.07) is 9.67. The van der Waals surface area contributed by atoms with Crippen molar-refractivity contribution in [2.75, 3.05) is 0 Å². The molecule has 1 saturated carbocycles. The van der Waals surface area contributed by atoms with Crippen molar-refractivity contribution in [2.24, 2.45) is 5.41 Å². The maximum atomic E-state index is 11.1. The number of carboxylic acid groups (broad SMARTS) is 1. The monoisotopic (exact) mass is 214 g/mol. The summed E-state index contributed by atoms with van der Waals surface area (Å²) >= 11 is 0. The second kappa shape index (κ2) is 4.40. The minimum atomic E-state index is -0.693. The second-order valence-electron chi connectivity index (χ2n) is 4.28. The number of carbonyl (C=O) groups is 1. The zero-order valence-corrected chi connectivity index (χ0v) is 9.07. The minimum absolute atomic E-state index is 0.469. The predicted molar refractivity (Wildman–Crippen MR) is 61.9 cm³/mol. The van der Waals surface area contributed by atoms with Crippen LogP contribution in [0, 0.1) is 17.3 Å². The highest BCUT2D eigenvalue weighted by atomic mass is 16.4. The Kier molecular flexibility index (Phi) is 2.96. The highest BCUT2D eigenvalue weighted by Crippen LogP contribution is 2.43. The maximum Gasteiger partial charge on any atom is 0.310 e. The quantitative estimate of drug-likeness (QED) is 0.768. The molecule has 0 radical (unpaired) electrons. The van der Waals surface area contributed by atoms with E-state index in [1.165, 1.54) is 0 Å². The molecule has 1 fully saturated rings. The molecule has 0 aliphatic heterocycles. The van der Waals surface area contributed by atoms with E-state index >= 15 is 0 Å². The van der Waals surface area contributed by atoms with E-state index in [1.54, 1.807) is 0 Å². The van der Waals surface area contributed by atoms with Crippen molar-refractivity contribution < 1.29 is 9.90 Å². The highest BCUT2D eigenvalue weighted by molar-refractivity contribution is 5.76. The molecule has 0 spiro atoms. The first kappa shape index (κ1) is 10.8. The zero-order valence-electron chi connectivity index (χ0n) is 9.07. The molecule has 2 rings (SSSR count). The molecule has 0 bridgehead atoms. The topological polar surface area (TPSA) is 37.3 Å². The SMILES string of the molecule is O=C(O)C1(CC#Cc2ccccc2)CCC1. The van der Waals surface area contributed by atoms with E-state index in [0.29, 0.717) is 6.42 Å². The summed E-state index contributed by atoms with van der Waals surface area (Å²) in [5.74, 6) is 5.31. The first-order chi connectivity index (χ1) is 7.73. The van der Waals surface area contributed by atoms with Crippen LogP contribution in [0.4, 0.5) is 0 Å². The molecule has 0 amide bonds. The van der Waals surface area contributed by atoms with Crippen LogP contribution < -0.4 is 0 Å². The molecule has 2 nitrogen and oxygen atoms in total. The summed E-state index contributed by atoms with van der Waals surface area (Å²) < 4.78 is 0. The Morgan fingerprint density at radius 3 is 2.50 bits per heavy atom. The Morgan fingerprint density at radius 2 is 2.00 bits per heavy atom.